The summed E-state index contributed by atoms with van der Waals surface area (Å²) >= 11 is 15.1. The molecule has 0 bridgehead atoms. The fourth-order valence-electron chi connectivity index (χ4n) is 1.14. The summed E-state index contributed by atoms with van der Waals surface area (Å²) in [7, 11) is 0. The first-order chi connectivity index (χ1) is 6.59. The van der Waals surface area contributed by atoms with Crippen LogP contribution in [-0.4, -0.2) is 12.5 Å². The van der Waals surface area contributed by atoms with Gasteiger partial charge in [-0.3, -0.25) is 4.79 Å². The van der Waals surface area contributed by atoms with E-state index in [2.05, 4.69) is 21.2 Å². The predicted molar refractivity (Wildman–Crippen MR) is 58.3 cm³/mol. The van der Waals surface area contributed by atoms with E-state index in [1.165, 1.54) is 0 Å². The highest BCUT2D eigenvalue weighted by molar-refractivity contribution is 9.10. The minimum Gasteiger partial charge on any atom is -0.480 e. The average molecular weight is 297 g/mol. The first-order valence-corrected chi connectivity index (χ1v) is 5.24. The monoisotopic (exact) mass is 295 g/mol. The summed E-state index contributed by atoms with van der Waals surface area (Å²) in [5.41, 5.74) is 0.427. The lowest BCUT2D eigenvalue weighted by Crippen LogP contribution is -2.25. The van der Waals surface area contributed by atoms with Crippen LogP contribution in [0.25, 0.3) is 0 Å². The van der Waals surface area contributed by atoms with Gasteiger partial charge in [0.1, 0.15) is 5.69 Å². The Kier molecular flexibility index (Phi) is 2.60. The Morgan fingerprint density at radius 2 is 2.21 bits per heavy atom. The van der Waals surface area contributed by atoms with Crippen molar-refractivity contribution in [2.75, 3.05) is 11.9 Å². The fraction of sp³-hybridized carbons (Fsp3) is 0.125. The number of hydrogen-bond donors (Lipinski definition) is 1. The van der Waals surface area contributed by atoms with Crippen molar-refractivity contribution >= 4 is 50.7 Å². The van der Waals surface area contributed by atoms with E-state index in [0.717, 1.165) is 0 Å². The molecule has 1 aliphatic rings. The molecule has 0 radical (unpaired) electrons. The smallest absolute Gasteiger partial charge is 0.262 e. The molecule has 6 heteroatoms. The van der Waals surface area contributed by atoms with Crippen LogP contribution in [0.4, 0.5) is 5.69 Å². The first-order valence-electron chi connectivity index (χ1n) is 3.69. The molecule has 1 aromatic carbocycles. The van der Waals surface area contributed by atoms with Crippen LogP contribution in [0, 0.1) is 0 Å². The predicted octanol–water partition coefficient (Wildman–Crippen LogP) is 3.09. The molecule has 0 unspecified atom stereocenters. The van der Waals surface area contributed by atoms with Gasteiger partial charge in [-0.05, 0) is 22.0 Å². The van der Waals surface area contributed by atoms with E-state index in [9.17, 15) is 4.79 Å². The van der Waals surface area contributed by atoms with Gasteiger partial charge in [0, 0.05) is 4.47 Å². The van der Waals surface area contributed by atoms with E-state index in [-0.39, 0.29) is 12.5 Å². The number of ether oxygens (including phenoxy) is 1. The second-order valence-electron chi connectivity index (χ2n) is 2.70. The minimum absolute atomic E-state index is 0.0422. The van der Waals surface area contributed by atoms with Gasteiger partial charge in [-0.2, -0.15) is 0 Å². The molecular weight excluding hydrogens is 293 g/mol. The van der Waals surface area contributed by atoms with E-state index < -0.39 is 0 Å². The molecule has 1 N–H and O–H groups in total. The Labute approximate surface area is 98.5 Å². The summed E-state index contributed by atoms with van der Waals surface area (Å²) in [6, 6.07) is 1.61. The topological polar surface area (TPSA) is 38.3 Å². The van der Waals surface area contributed by atoms with Crippen LogP contribution in [-0.2, 0) is 4.79 Å². The molecule has 0 atom stereocenters. The van der Waals surface area contributed by atoms with Gasteiger partial charge in [0.2, 0.25) is 0 Å². The molecule has 1 aliphatic heterocycles. The Morgan fingerprint density at radius 3 is 2.93 bits per heavy atom. The van der Waals surface area contributed by atoms with Crippen LogP contribution in [0.1, 0.15) is 0 Å². The van der Waals surface area contributed by atoms with Crippen molar-refractivity contribution in [3.63, 3.8) is 0 Å². The molecule has 0 fully saturated rings. The second-order valence-corrected chi connectivity index (χ2v) is 4.33. The summed E-state index contributed by atoms with van der Waals surface area (Å²) < 4.78 is 5.81. The molecule has 14 heavy (non-hydrogen) atoms. The van der Waals surface area contributed by atoms with Crippen LogP contribution >= 0.6 is 39.1 Å². The third-order valence-electron chi connectivity index (χ3n) is 1.74. The van der Waals surface area contributed by atoms with Crippen molar-refractivity contribution in [1.29, 1.82) is 0 Å². The van der Waals surface area contributed by atoms with Gasteiger partial charge in [0.25, 0.3) is 5.91 Å². The minimum atomic E-state index is -0.238. The average Bonchev–Trinajstić information content (AvgIpc) is 2.14. The molecule has 0 saturated carbocycles. The van der Waals surface area contributed by atoms with Crippen molar-refractivity contribution in [1.82, 2.24) is 0 Å². The van der Waals surface area contributed by atoms with Gasteiger partial charge in [0.15, 0.2) is 12.4 Å². The molecule has 3 nitrogen and oxygen atoms in total. The Bertz CT molecular complexity index is 422. The van der Waals surface area contributed by atoms with Crippen LogP contribution in [0.5, 0.6) is 5.75 Å². The van der Waals surface area contributed by atoms with E-state index in [1.807, 2.05) is 0 Å². The highest BCUT2D eigenvalue weighted by Crippen LogP contribution is 2.44. The molecule has 1 aromatic rings. The Balaban J connectivity index is 2.62. The summed E-state index contributed by atoms with van der Waals surface area (Å²) in [5, 5.41) is 3.39. The van der Waals surface area contributed by atoms with Crippen LogP contribution in [0.2, 0.25) is 10.0 Å². The number of carbonyl (C=O) groups is 1. The van der Waals surface area contributed by atoms with Crippen molar-refractivity contribution in [3.8, 4) is 5.75 Å². The SMILES string of the molecule is O=C1COc2c(Cl)c(Br)cc(Cl)c2N1. The molecule has 74 valence electrons. The standard InChI is InChI=1S/C8H4BrCl2NO2/c9-3-1-4(10)7-8(6(3)11)14-2-5(13)12-7/h1H,2H2,(H,12,13). The molecule has 1 heterocycles. The van der Waals surface area contributed by atoms with Crippen LogP contribution < -0.4 is 10.1 Å². The molecular formula is C8H4BrCl2NO2. The lowest BCUT2D eigenvalue weighted by atomic mass is 10.2. The van der Waals surface area contributed by atoms with Crippen LogP contribution in [0.15, 0.2) is 10.5 Å². The van der Waals surface area contributed by atoms with E-state index in [4.69, 9.17) is 27.9 Å². The third kappa shape index (κ3) is 1.58. The molecule has 0 aliphatic carbocycles. The molecule has 2 rings (SSSR count). The number of nitrogens with one attached hydrogen (secondary N) is 1. The zero-order chi connectivity index (χ0) is 10.3. The van der Waals surface area contributed by atoms with E-state index in [0.29, 0.717) is 26.0 Å². The number of amides is 1. The maximum absolute atomic E-state index is 11.0. The number of rotatable bonds is 0. The van der Waals surface area contributed by atoms with E-state index >= 15 is 0 Å². The summed E-state index contributed by atoms with van der Waals surface area (Å²) in [6.07, 6.45) is 0. The molecule has 0 aromatic heterocycles. The van der Waals surface area contributed by atoms with Crippen molar-refractivity contribution in [2.24, 2.45) is 0 Å². The number of hydrogen-bond acceptors (Lipinski definition) is 2. The molecule has 0 saturated heterocycles. The molecule has 0 spiro atoms. The first kappa shape index (κ1) is 10.1. The number of halogens is 3. The highest BCUT2D eigenvalue weighted by Gasteiger charge is 2.23. The largest absolute Gasteiger partial charge is 0.480 e. The van der Waals surface area contributed by atoms with Gasteiger partial charge >= 0.3 is 0 Å². The van der Waals surface area contributed by atoms with Crippen molar-refractivity contribution < 1.29 is 9.53 Å². The Morgan fingerprint density at radius 1 is 1.50 bits per heavy atom. The van der Waals surface area contributed by atoms with Gasteiger partial charge in [-0.15, -0.1) is 0 Å². The van der Waals surface area contributed by atoms with Gasteiger partial charge in [-0.1, -0.05) is 23.2 Å². The zero-order valence-corrected chi connectivity index (χ0v) is 9.83. The fourth-order valence-corrected chi connectivity index (χ4v) is 2.13. The van der Waals surface area contributed by atoms with E-state index in [1.54, 1.807) is 6.07 Å². The number of anilines is 1. The quantitative estimate of drug-likeness (QED) is 0.747. The molecule has 1 amide bonds. The van der Waals surface area contributed by atoms with Gasteiger partial charge in [0.05, 0.1) is 10.0 Å². The summed E-state index contributed by atoms with van der Waals surface area (Å²) in [6.45, 7) is -0.0422. The lowest BCUT2D eigenvalue weighted by Gasteiger charge is -2.20. The van der Waals surface area contributed by atoms with Gasteiger partial charge in [-0.25, -0.2) is 0 Å². The van der Waals surface area contributed by atoms with Crippen molar-refractivity contribution in [2.45, 2.75) is 0 Å². The number of benzene rings is 1. The number of carbonyl (C=O) groups excluding carboxylic acids is 1. The second kappa shape index (κ2) is 3.61. The maximum atomic E-state index is 11.0. The summed E-state index contributed by atoms with van der Waals surface area (Å²) in [4.78, 5) is 11.0. The highest BCUT2D eigenvalue weighted by atomic mass is 79.9. The maximum Gasteiger partial charge on any atom is 0.262 e. The Hall–Kier alpha value is -0.450. The van der Waals surface area contributed by atoms with Gasteiger partial charge < -0.3 is 10.1 Å². The van der Waals surface area contributed by atoms with Crippen molar-refractivity contribution in [3.05, 3.63) is 20.6 Å². The normalized spacial score (nSPS) is 14.4. The third-order valence-corrected chi connectivity index (χ3v) is 3.27. The summed E-state index contributed by atoms with van der Waals surface area (Å²) in [5.74, 6) is 0.170. The number of fused-ring (bicyclic) bond motifs is 1. The zero-order valence-electron chi connectivity index (χ0n) is 6.73. The lowest BCUT2D eigenvalue weighted by molar-refractivity contribution is -0.118. The van der Waals surface area contributed by atoms with Crippen LogP contribution in [0.3, 0.4) is 0 Å².